The summed E-state index contributed by atoms with van der Waals surface area (Å²) in [6.45, 7) is 4.74. The lowest BCUT2D eigenvalue weighted by atomic mass is 10.1. The quantitative estimate of drug-likeness (QED) is 0.592. The maximum Gasteiger partial charge on any atom is 0.276 e. The van der Waals surface area contributed by atoms with Crippen molar-refractivity contribution >= 4 is 5.91 Å². The van der Waals surface area contributed by atoms with E-state index in [4.69, 9.17) is 18.5 Å². The summed E-state index contributed by atoms with van der Waals surface area (Å²) in [6.07, 6.45) is 1.75. The normalized spacial score (nSPS) is 16.3. The first-order chi connectivity index (χ1) is 14.5. The lowest BCUT2D eigenvalue weighted by molar-refractivity contribution is 0.0720. The van der Waals surface area contributed by atoms with Crippen molar-refractivity contribution in [1.29, 1.82) is 0 Å². The number of carbonyl (C=O) groups excluding carboxylic acids is 1. The van der Waals surface area contributed by atoms with Crippen LogP contribution in [0.15, 0.2) is 39.4 Å². The Morgan fingerprint density at radius 3 is 2.60 bits per heavy atom. The molecule has 0 aliphatic carbocycles. The second-order valence-corrected chi connectivity index (χ2v) is 7.61. The van der Waals surface area contributed by atoms with Crippen LogP contribution < -0.4 is 9.47 Å². The molecule has 0 unspecified atom stereocenters. The number of aromatic nitrogens is 2. The summed E-state index contributed by atoms with van der Waals surface area (Å²) in [5.74, 6) is 2.56. The first-order valence-electron chi connectivity index (χ1n) is 9.98. The molecule has 1 aliphatic heterocycles. The van der Waals surface area contributed by atoms with Gasteiger partial charge < -0.3 is 23.4 Å². The Bertz CT molecular complexity index is 1040. The Kier molecular flexibility index (Phi) is 5.48. The van der Waals surface area contributed by atoms with Gasteiger partial charge in [0, 0.05) is 30.2 Å². The predicted octanol–water partition coefficient (Wildman–Crippen LogP) is 4.45. The molecule has 1 saturated heterocycles. The number of hydrogen-bond acceptors (Lipinski definition) is 7. The molecule has 158 valence electrons. The van der Waals surface area contributed by atoms with E-state index in [1.54, 1.807) is 37.3 Å². The zero-order chi connectivity index (χ0) is 21.3. The summed E-state index contributed by atoms with van der Waals surface area (Å²) in [6, 6.07) is 8.88. The van der Waals surface area contributed by atoms with Crippen LogP contribution >= 0.6 is 0 Å². The van der Waals surface area contributed by atoms with Gasteiger partial charge in [0.05, 0.1) is 20.3 Å². The molecule has 1 fully saturated rings. The SMILES string of the molecule is COc1ccc(-c2cc(C(=O)N3CCC[C@H]3c3cc(C(C)C)on3)no2)cc1OC. The fraction of sp³-hybridized carbons (Fsp3) is 0.409. The highest BCUT2D eigenvalue weighted by atomic mass is 16.5. The molecule has 1 aromatic carbocycles. The molecule has 0 saturated carbocycles. The van der Waals surface area contributed by atoms with Gasteiger partial charge in [0.2, 0.25) is 0 Å². The molecule has 1 amide bonds. The zero-order valence-corrected chi connectivity index (χ0v) is 17.5. The Balaban J connectivity index is 1.56. The number of carbonyl (C=O) groups is 1. The van der Waals surface area contributed by atoms with Crippen LogP contribution in [0.25, 0.3) is 11.3 Å². The van der Waals surface area contributed by atoms with Crippen LogP contribution in [-0.2, 0) is 0 Å². The van der Waals surface area contributed by atoms with Gasteiger partial charge in [0.15, 0.2) is 23.0 Å². The van der Waals surface area contributed by atoms with Crippen LogP contribution in [0, 0.1) is 0 Å². The molecule has 4 rings (SSSR count). The Labute approximate surface area is 174 Å². The topological polar surface area (TPSA) is 90.8 Å². The monoisotopic (exact) mass is 411 g/mol. The predicted molar refractivity (Wildman–Crippen MR) is 109 cm³/mol. The van der Waals surface area contributed by atoms with E-state index in [1.165, 1.54) is 0 Å². The first-order valence-corrected chi connectivity index (χ1v) is 9.98. The minimum Gasteiger partial charge on any atom is -0.493 e. The largest absolute Gasteiger partial charge is 0.493 e. The average Bonchev–Trinajstić information content (AvgIpc) is 3.52. The van der Waals surface area contributed by atoms with E-state index in [2.05, 4.69) is 10.3 Å². The minimum absolute atomic E-state index is 0.116. The fourth-order valence-corrected chi connectivity index (χ4v) is 3.70. The number of rotatable bonds is 6. The Hall–Kier alpha value is -3.29. The molecule has 30 heavy (non-hydrogen) atoms. The number of likely N-dealkylation sites (tertiary alicyclic amines) is 1. The third-order valence-corrected chi connectivity index (χ3v) is 5.37. The Morgan fingerprint density at radius 2 is 1.90 bits per heavy atom. The number of nitrogens with zero attached hydrogens (tertiary/aromatic N) is 3. The van der Waals surface area contributed by atoms with Crippen molar-refractivity contribution in [3.63, 3.8) is 0 Å². The van der Waals surface area contributed by atoms with Gasteiger partial charge >= 0.3 is 0 Å². The van der Waals surface area contributed by atoms with Crippen molar-refractivity contribution in [1.82, 2.24) is 15.2 Å². The second-order valence-electron chi connectivity index (χ2n) is 7.61. The smallest absolute Gasteiger partial charge is 0.276 e. The van der Waals surface area contributed by atoms with E-state index in [9.17, 15) is 4.79 Å². The lowest BCUT2D eigenvalue weighted by Gasteiger charge is -2.21. The zero-order valence-electron chi connectivity index (χ0n) is 17.5. The molecule has 2 aromatic heterocycles. The number of ether oxygens (including phenoxy) is 2. The van der Waals surface area contributed by atoms with Crippen molar-refractivity contribution < 1.29 is 23.3 Å². The highest BCUT2D eigenvalue weighted by molar-refractivity contribution is 5.93. The van der Waals surface area contributed by atoms with Crippen molar-refractivity contribution in [2.45, 2.75) is 38.6 Å². The Morgan fingerprint density at radius 1 is 1.10 bits per heavy atom. The molecule has 0 radical (unpaired) electrons. The van der Waals surface area contributed by atoms with Gasteiger partial charge in [-0.3, -0.25) is 4.79 Å². The lowest BCUT2D eigenvalue weighted by Crippen LogP contribution is -2.30. The molecule has 3 heterocycles. The van der Waals surface area contributed by atoms with Crippen LogP contribution in [0.2, 0.25) is 0 Å². The van der Waals surface area contributed by atoms with Crippen LogP contribution in [0.3, 0.4) is 0 Å². The molecular formula is C22H25N3O5. The van der Waals surface area contributed by atoms with E-state index in [1.807, 2.05) is 26.0 Å². The van der Waals surface area contributed by atoms with Gasteiger partial charge in [0.25, 0.3) is 5.91 Å². The number of methoxy groups -OCH3 is 2. The van der Waals surface area contributed by atoms with E-state index >= 15 is 0 Å². The van der Waals surface area contributed by atoms with Crippen LogP contribution in [0.4, 0.5) is 0 Å². The van der Waals surface area contributed by atoms with Gasteiger partial charge in [-0.05, 0) is 31.0 Å². The standard InChI is InChI=1S/C22H25N3O5/c1-13(2)19-11-15(23-29-19)17-6-5-9-25(17)22(26)16-12-20(30-24-16)14-7-8-18(27-3)21(10-14)28-4/h7-8,10-13,17H,5-6,9H2,1-4H3/t17-/m0/s1. The molecule has 0 spiro atoms. The third-order valence-electron chi connectivity index (χ3n) is 5.37. The molecular weight excluding hydrogens is 386 g/mol. The molecule has 0 bridgehead atoms. The van der Waals surface area contributed by atoms with Gasteiger partial charge in [-0.15, -0.1) is 0 Å². The molecule has 1 atom stereocenters. The molecule has 1 aliphatic rings. The summed E-state index contributed by atoms with van der Waals surface area (Å²) in [5.41, 5.74) is 1.79. The summed E-state index contributed by atoms with van der Waals surface area (Å²) in [4.78, 5) is 14.9. The van der Waals surface area contributed by atoms with Crippen molar-refractivity contribution in [3.8, 4) is 22.8 Å². The number of hydrogen-bond donors (Lipinski definition) is 0. The first kappa shape index (κ1) is 20.0. The average molecular weight is 411 g/mol. The maximum atomic E-state index is 13.1. The minimum atomic E-state index is -0.179. The van der Waals surface area contributed by atoms with Crippen LogP contribution in [0.1, 0.15) is 60.6 Å². The van der Waals surface area contributed by atoms with E-state index in [0.717, 1.165) is 29.9 Å². The number of amides is 1. The third kappa shape index (κ3) is 3.65. The summed E-state index contributed by atoms with van der Waals surface area (Å²) in [5, 5.41) is 8.21. The molecule has 0 N–H and O–H groups in total. The summed E-state index contributed by atoms with van der Waals surface area (Å²) >= 11 is 0. The fourth-order valence-electron chi connectivity index (χ4n) is 3.70. The summed E-state index contributed by atoms with van der Waals surface area (Å²) in [7, 11) is 3.15. The highest BCUT2D eigenvalue weighted by Crippen LogP contribution is 2.35. The molecule has 8 nitrogen and oxygen atoms in total. The van der Waals surface area contributed by atoms with E-state index < -0.39 is 0 Å². The molecule has 8 heteroatoms. The van der Waals surface area contributed by atoms with Crippen LogP contribution in [-0.4, -0.2) is 41.9 Å². The molecule has 3 aromatic rings. The number of benzene rings is 1. The van der Waals surface area contributed by atoms with Gasteiger partial charge in [-0.2, -0.15) is 0 Å². The van der Waals surface area contributed by atoms with Crippen molar-refractivity contribution in [2.24, 2.45) is 0 Å². The van der Waals surface area contributed by atoms with E-state index in [0.29, 0.717) is 23.8 Å². The highest BCUT2D eigenvalue weighted by Gasteiger charge is 2.34. The van der Waals surface area contributed by atoms with Gasteiger partial charge in [0.1, 0.15) is 11.5 Å². The summed E-state index contributed by atoms with van der Waals surface area (Å²) < 4.78 is 21.5. The van der Waals surface area contributed by atoms with E-state index in [-0.39, 0.29) is 23.6 Å². The maximum absolute atomic E-state index is 13.1. The van der Waals surface area contributed by atoms with Gasteiger partial charge in [-0.1, -0.05) is 24.2 Å². The van der Waals surface area contributed by atoms with Crippen LogP contribution in [0.5, 0.6) is 11.5 Å². The second kappa shape index (κ2) is 8.22. The van der Waals surface area contributed by atoms with Crippen molar-refractivity contribution in [3.05, 3.63) is 47.5 Å². The van der Waals surface area contributed by atoms with Gasteiger partial charge in [-0.25, -0.2) is 0 Å². The van der Waals surface area contributed by atoms with Crippen molar-refractivity contribution in [2.75, 3.05) is 20.8 Å².